The minimum atomic E-state index is -0.0735. The molecule has 58 valence electrons. The number of fused-ring (bicyclic) bond motifs is 1. The van der Waals surface area contributed by atoms with Gasteiger partial charge in [0.2, 0.25) is 0 Å². The summed E-state index contributed by atoms with van der Waals surface area (Å²) in [7, 11) is 0. The molecule has 1 aliphatic rings. The quantitative estimate of drug-likeness (QED) is 0.598. The fraction of sp³-hybridized carbons (Fsp3) is 0.333. The highest BCUT2D eigenvalue weighted by atomic mass is 19.1. The number of hydrogen-bond acceptors (Lipinski definition) is 1. The fourth-order valence-corrected chi connectivity index (χ4v) is 1.54. The largest absolute Gasteiger partial charge is 0.384 e. The van der Waals surface area contributed by atoms with Crippen molar-refractivity contribution in [2.45, 2.75) is 13.3 Å². The molecule has 2 rings (SSSR count). The Morgan fingerprint density at radius 3 is 3.00 bits per heavy atom. The predicted molar refractivity (Wildman–Crippen MR) is 43.3 cm³/mol. The van der Waals surface area contributed by atoms with E-state index in [2.05, 4.69) is 5.32 Å². The molecule has 0 aliphatic carbocycles. The molecule has 0 spiro atoms. The minimum Gasteiger partial charge on any atom is -0.384 e. The van der Waals surface area contributed by atoms with Gasteiger partial charge in [0.25, 0.3) is 0 Å². The molecule has 0 aromatic heterocycles. The number of anilines is 1. The summed E-state index contributed by atoms with van der Waals surface area (Å²) in [4.78, 5) is 0. The van der Waals surface area contributed by atoms with Crippen LogP contribution in [0.3, 0.4) is 0 Å². The monoisotopic (exact) mass is 151 g/mol. The third kappa shape index (κ3) is 0.897. The highest BCUT2D eigenvalue weighted by Gasteiger charge is 2.15. The topological polar surface area (TPSA) is 12.0 Å². The van der Waals surface area contributed by atoms with Crippen molar-refractivity contribution in [1.29, 1.82) is 0 Å². The van der Waals surface area contributed by atoms with Crippen LogP contribution in [-0.4, -0.2) is 6.54 Å². The van der Waals surface area contributed by atoms with E-state index in [9.17, 15) is 4.39 Å². The first-order valence-electron chi connectivity index (χ1n) is 3.81. The van der Waals surface area contributed by atoms with E-state index in [4.69, 9.17) is 0 Å². The molecule has 0 bridgehead atoms. The second-order valence-electron chi connectivity index (χ2n) is 2.89. The smallest absolute Gasteiger partial charge is 0.128 e. The van der Waals surface area contributed by atoms with Gasteiger partial charge in [0.1, 0.15) is 5.82 Å². The summed E-state index contributed by atoms with van der Waals surface area (Å²) in [6.45, 7) is 2.87. The van der Waals surface area contributed by atoms with Gasteiger partial charge in [-0.3, -0.25) is 0 Å². The van der Waals surface area contributed by atoms with E-state index in [0.717, 1.165) is 29.8 Å². The van der Waals surface area contributed by atoms with Gasteiger partial charge in [-0.25, -0.2) is 4.39 Å². The average molecular weight is 151 g/mol. The van der Waals surface area contributed by atoms with Crippen LogP contribution in [-0.2, 0) is 6.42 Å². The van der Waals surface area contributed by atoms with Crippen LogP contribution in [0.1, 0.15) is 11.1 Å². The highest BCUT2D eigenvalue weighted by molar-refractivity contribution is 5.61. The number of halogens is 1. The van der Waals surface area contributed by atoms with Crippen LogP contribution >= 0.6 is 0 Å². The van der Waals surface area contributed by atoms with Crippen LogP contribution in [0.5, 0.6) is 0 Å². The van der Waals surface area contributed by atoms with Crippen molar-refractivity contribution in [2.24, 2.45) is 0 Å². The number of aryl methyl sites for hydroxylation is 1. The van der Waals surface area contributed by atoms with Crippen molar-refractivity contribution in [3.05, 3.63) is 29.1 Å². The number of hydrogen-bond donors (Lipinski definition) is 1. The molecular formula is C9H10FN. The molecular weight excluding hydrogens is 141 g/mol. The van der Waals surface area contributed by atoms with Crippen molar-refractivity contribution >= 4 is 5.69 Å². The van der Waals surface area contributed by atoms with Crippen molar-refractivity contribution in [3.8, 4) is 0 Å². The first-order valence-corrected chi connectivity index (χ1v) is 3.81. The van der Waals surface area contributed by atoms with E-state index in [-0.39, 0.29) is 5.82 Å². The second-order valence-corrected chi connectivity index (χ2v) is 2.89. The lowest BCUT2D eigenvalue weighted by atomic mass is 10.1. The average Bonchev–Trinajstić information content (AvgIpc) is 2.45. The lowest BCUT2D eigenvalue weighted by molar-refractivity contribution is 0.615. The van der Waals surface area contributed by atoms with Crippen molar-refractivity contribution in [3.63, 3.8) is 0 Å². The molecule has 1 N–H and O–H groups in total. The maximum Gasteiger partial charge on any atom is 0.128 e. The molecule has 1 aliphatic heterocycles. The van der Waals surface area contributed by atoms with Crippen LogP contribution in [0.2, 0.25) is 0 Å². The molecule has 1 aromatic carbocycles. The number of benzene rings is 1. The Morgan fingerprint density at radius 1 is 1.45 bits per heavy atom. The Labute approximate surface area is 65.2 Å². The van der Waals surface area contributed by atoms with Crippen LogP contribution in [0, 0.1) is 12.7 Å². The summed E-state index contributed by atoms with van der Waals surface area (Å²) >= 11 is 0. The molecule has 1 nitrogen and oxygen atoms in total. The summed E-state index contributed by atoms with van der Waals surface area (Å²) in [6, 6.07) is 3.35. The Bertz CT molecular complexity index is 265. The third-order valence-electron chi connectivity index (χ3n) is 2.14. The van der Waals surface area contributed by atoms with Crippen molar-refractivity contribution in [1.82, 2.24) is 0 Å². The van der Waals surface area contributed by atoms with Crippen LogP contribution in [0.15, 0.2) is 12.1 Å². The Kier molecular flexibility index (Phi) is 1.34. The SMILES string of the molecule is Cc1ccc(F)c2c1NCC2. The van der Waals surface area contributed by atoms with Crippen LogP contribution in [0.25, 0.3) is 0 Å². The van der Waals surface area contributed by atoms with E-state index < -0.39 is 0 Å². The summed E-state index contributed by atoms with van der Waals surface area (Å²) in [6.07, 6.45) is 0.822. The van der Waals surface area contributed by atoms with Gasteiger partial charge in [-0.2, -0.15) is 0 Å². The maximum atomic E-state index is 13.0. The van der Waals surface area contributed by atoms with Gasteiger partial charge in [0.15, 0.2) is 0 Å². The summed E-state index contributed by atoms with van der Waals surface area (Å²) in [5.74, 6) is -0.0735. The standard InChI is InChI=1S/C9H10FN/c1-6-2-3-8(10)7-4-5-11-9(6)7/h2-3,11H,4-5H2,1H3. The first-order chi connectivity index (χ1) is 5.29. The Hall–Kier alpha value is -1.05. The summed E-state index contributed by atoms with van der Waals surface area (Å²) in [5, 5.41) is 3.17. The number of nitrogens with one attached hydrogen (secondary N) is 1. The lowest BCUT2D eigenvalue weighted by Crippen LogP contribution is -1.92. The van der Waals surface area contributed by atoms with Gasteiger partial charge in [-0.05, 0) is 25.0 Å². The van der Waals surface area contributed by atoms with E-state index in [1.54, 1.807) is 6.07 Å². The van der Waals surface area contributed by atoms with Gasteiger partial charge in [-0.15, -0.1) is 0 Å². The maximum absolute atomic E-state index is 13.0. The highest BCUT2D eigenvalue weighted by Crippen LogP contribution is 2.27. The van der Waals surface area contributed by atoms with Crippen molar-refractivity contribution in [2.75, 3.05) is 11.9 Å². The van der Waals surface area contributed by atoms with Gasteiger partial charge in [-0.1, -0.05) is 6.07 Å². The van der Waals surface area contributed by atoms with Crippen LogP contribution in [0.4, 0.5) is 10.1 Å². The Balaban J connectivity index is 2.64. The van der Waals surface area contributed by atoms with E-state index in [1.807, 2.05) is 13.0 Å². The molecule has 0 fully saturated rings. The zero-order valence-corrected chi connectivity index (χ0v) is 6.45. The van der Waals surface area contributed by atoms with Crippen LogP contribution < -0.4 is 5.32 Å². The molecule has 11 heavy (non-hydrogen) atoms. The van der Waals surface area contributed by atoms with Gasteiger partial charge in [0.05, 0.1) is 0 Å². The van der Waals surface area contributed by atoms with E-state index >= 15 is 0 Å². The minimum absolute atomic E-state index is 0.0735. The normalized spacial score (nSPS) is 14.4. The molecule has 0 saturated heterocycles. The molecule has 0 atom stereocenters. The molecule has 1 heterocycles. The molecule has 1 aromatic rings. The van der Waals surface area contributed by atoms with E-state index in [1.165, 1.54) is 0 Å². The zero-order chi connectivity index (χ0) is 7.84. The van der Waals surface area contributed by atoms with Gasteiger partial charge in [0, 0.05) is 17.8 Å². The predicted octanol–water partition coefficient (Wildman–Crippen LogP) is 2.10. The van der Waals surface area contributed by atoms with Gasteiger partial charge < -0.3 is 5.32 Å². The fourth-order valence-electron chi connectivity index (χ4n) is 1.54. The molecule has 0 radical (unpaired) electrons. The lowest BCUT2D eigenvalue weighted by Gasteiger charge is -2.03. The number of rotatable bonds is 0. The molecule has 2 heteroatoms. The van der Waals surface area contributed by atoms with E-state index in [0.29, 0.717) is 0 Å². The van der Waals surface area contributed by atoms with Gasteiger partial charge >= 0.3 is 0 Å². The first kappa shape index (κ1) is 6.65. The summed E-state index contributed by atoms with van der Waals surface area (Å²) < 4.78 is 13.0. The van der Waals surface area contributed by atoms with Crippen molar-refractivity contribution < 1.29 is 4.39 Å². The molecule has 0 saturated carbocycles. The second kappa shape index (κ2) is 2.22. The Morgan fingerprint density at radius 2 is 2.27 bits per heavy atom. The summed E-state index contributed by atoms with van der Waals surface area (Å²) in [5.41, 5.74) is 2.99. The zero-order valence-electron chi connectivity index (χ0n) is 6.45. The third-order valence-corrected chi connectivity index (χ3v) is 2.14. The molecule has 0 unspecified atom stereocenters. The molecule has 0 amide bonds.